The Morgan fingerprint density at radius 1 is 1.53 bits per heavy atom. The van der Waals surface area contributed by atoms with Crippen LogP contribution in [0.5, 0.6) is 0 Å². The minimum absolute atomic E-state index is 0.00195. The van der Waals surface area contributed by atoms with Gasteiger partial charge in [0.2, 0.25) is 0 Å². The SMILES string of the molecule is CC(C)N(CCO)C(=O)c1cc(Cl)c(Cl)n1C. The van der Waals surface area contributed by atoms with Crippen molar-refractivity contribution in [2.45, 2.75) is 19.9 Å². The van der Waals surface area contributed by atoms with E-state index < -0.39 is 0 Å². The fourth-order valence-corrected chi connectivity index (χ4v) is 1.97. The molecule has 0 aliphatic carbocycles. The van der Waals surface area contributed by atoms with Crippen LogP contribution in [0.2, 0.25) is 10.2 Å². The predicted octanol–water partition coefficient (Wildman–Crippen LogP) is 2.17. The first-order valence-electron chi connectivity index (χ1n) is 5.32. The predicted molar refractivity (Wildman–Crippen MR) is 68.7 cm³/mol. The van der Waals surface area contributed by atoms with Crippen molar-refractivity contribution < 1.29 is 9.90 Å². The van der Waals surface area contributed by atoms with Gasteiger partial charge in [0, 0.05) is 19.6 Å². The summed E-state index contributed by atoms with van der Waals surface area (Å²) >= 11 is 11.8. The van der Waals surface area contributed by atoms with Gasteiger partial charge in [0.1, 0.15) is 10.8 Å². The van der Waals surface area contributed by atoms with Gasteiger partial charge in [-0.05, 0) is 19.9 Å². The topological polar surface area (TPSA) is 45.5 Å². The van der Waals surface area contributed by atoms with E-state index in [1.807, 2.05) is 13.8 Å². The second kappa shape index (κ2) is 5.76. The van der Waals surface area contributed by atoms with Crippen molar-refractivity contribution in [2.75, 3.05) is 13.2 Å². The van der Waals surface area contributed by atoms with Gasteiger partial charge in [-0.1, -0.05) is 23.2 Å². The summed E-state index contributed by atoms with van der Waals surface area (Å²) in [5.74, 6) is -0.189. The number of carbonyl (C=O) groups is 1. The standard InChI is InChI=1S/C11H16Cl2N2O2/c1-7(2)15(4-5-16)11(17)9-6-8(12)10(13)14(9)3/h6-7,16H,4-5H2,1-3H3. The number of aliphatic hydroxyl groups is 1. The number of carbonyl (C=O) groups excluding carboxylic acids is 1. The van der Waals surface area contributed by atoms with Crippen molar-refractivity contribution in [3.63, 3.8) is 0 Å². The molecular formula is C11H16Cl2N2O2. The van der Waals surface area contributed by atoms with Crippen LogP contribution in [0.1, 0.15) is 24.3 Å². The molecule has 1 aromatic heterocycles. The van der Waals surface area contributed by atoms with Gasteiger partial charge in [0.25, 0.3) is 5.91 Å². The molecule has 6 heteroatoms. The molecule has 0 unspecified atom stereocenters. The molecule has 1 N–H and O–H groups in total. The van der Waals surface area contributed by atoms with Crippen LogP contribution in [0.15, 0.2) is 6.07 Å². The molecule has 0 fully saturated rings. The van der Waals surface area contributed by atoms with Crippen LogP contribution in [0.4, 0.5) is 0 Å². The summed E-state index contributed by atoms with van der Waals surface area (Å²) in [6.45, 7) is 3.99. The van der Waals surface area contributed by atoms with Crippen molar-refractivity contribution in [2.24, 2.45) is 7.05 Å². The van der Waals surface area contributed by atoms with E-state index in [4.69, 9.17) is 28.3 Å². The normalized spacial score (nSPS) is 11.0. The molecule has 0 radical (unpaired) electrons. The molecule has 0 aliphatic heterocycles. The van der Waals surface area contributed by atoms with E-state index in [-0.39, 0.29) is 25.1 Å². The van der Waals surface area contributed by atoms with Gasteiger partial charge in [-0.3, -0.25) is 4.79 Å². The molecule has 1 amide bonds. The van der Waals surface area contributed by atoms with Crippen LogP contribution >= 0.6 is 23.2 Å². The molecule has 17 heavy (non-hydrogen) atoms. The Balaban J connectivity index is 3.05. The van der Waals surface area contributed by atoms with Gasteiger partial charge < -0.3 is 14.6 Å². The Labute approximate surface area is 111 Å². The number of hydrogen-bond acceptors (Lipinski definition) is 2. The van der Waals surface area contributed by atoms with Gasteiger partial charge >= 0.3 is 0 Å². The molecule has 96 valence electrons. The van der Waals surface area contributed by atoms with Crippen LogP contribution in [0.3, 0.4) is 0 Å². The molecule has 0 atom stereocenters. The van der Waals surface area contributed by atoms with Crippen molar-refractivity contribution in [1.29, 1.82) is 0 Å². The van der Waals surface area contributed by atoms with Gasteiger partial charge in [-0.2, -0.15) is 0 Å². The highest BCUT2D eigenvalue weighted by Crippen LogP contribution is 2.26. The zero-order valence-corrected chi connectivity index (χ0v) is 11.6. The lowest BCUT2D eigenvalue weighted by atomic mass is 10.2. The largest absolute Gasteiger partial charge is 0.395 e. The lowest BCUT2D eigenvalue weighted by molar-refractivity contribution is 0.0655. The van der Waals surface area contributed by atoms with Crippen molar-refractivity contribution in [3.05, 3.63) is 21.9 Å². The Morgan fingerprint density at radius 2 is 2.12 bits per heavy atom. The summed E-state index contributed by atoms with van der Waals surface area (Å²) in [5.41, 5.74) is 0.419. The highest BCUT2D eigenvalue weighted by Gasteiger charge is 2.22. The minimum atomic E-state index is -0.189. The Hall–Kier alpha value is -0.710. The van der Waals surface area contributed by atoms with Crippen LogP contribution in [-0.4, -0.2) is 39.7 Å². The van der Waals surface area contributed by atoms with E-state index in [9.17, 15) is 4.79 Å². The first-order chi connectivity index (χ1) is 7.90. The number of amides is 1. The van der Waals surface area contributed by atoms with Crippen LogP contribution in [-0.2, 0) is 7.05 Å². The Bertz CT molecular complexity index is 416. The van der Waals surface area contributed by atoms with E-state index in [2.05, 4.69) is 0 Å². The summed E-state index contributed by atoms with van der Waals surface area (Å²) in [7, 11) is 1.68. The third kappa shape index (κ3) is 2.94. The zero-order chi connectivity index (χ0) is 13.2. The monoisotopic (exact) mass is 278 g/mol. The van der Waals surface area contributed by atoms with Crippen LogP contribution < -0.4 is 0 Å². The maximum absolute atomic E-state index is 12.2. The Morgan fingerprint density at radius 3 is 2.47 bits per heavy atom. The minimum Gasteiger partial charge on any atom is -0.395 e. The average Bonchev–Trinajstić information content (AvgIpc) is 2.52. The third-order valence-corrected chi connectivity index (χ3v) is 3.40. The molecule has 0 aromatic carbocycles. The number of aliphatic hydroxyl groups excluding tert-OH is 1. The lowest BCUT2D eigenvalue weighted by Gasteiger charge is -2.26. The smallest absolute Gasteiger partial charge is 0.270 e. The van der Waals surface area contributed by atoms with Gasteiger partial charge in [0.05, 0.1) is 11.6 Å². The van der Waals surface area contributed by atoms with E-state index in [0.29, 0.717) is 15.9 Å². The number of rotatable bonds is 4. The molecule has 4 nitrogen and oxygen atoms in total. The Kier molecular flexibility index (Phi) is 4.86. The average molecular weight is 279 g/mol. The summed E-state index contributed by atoms with van der Waals surface area (Å²) in [6.07, 6.45) is 0. The van der Waals surface area contributed by atoms with E-state index in [1.54, 1.807) is 22.6 Å². The van der Waals surface area contributed by atoms with Crippen LogP contribution in [0.25, 0.3) is 0 Å². The van der Waals surface area contributed by atoms with Crippen molar-refractivity contribution in [3.8, 4) is 0 Å². The van der Waals surface area contributed by atoms with E-state index >= 15 is 0 Å². The molecule has 1 heterocycles. The summed E-state index contributed by atoms with van der Waals surface area (Å²) in [4.78, 5) is 13.8. The highest BCUT2D eigenvalue weighted by molar-refractivity contribution is 6.41. The zero-order valence-electron chi connectivity index (χ0n) is 10.1. The fourth-order valence-electron chi connectivity index (χ4n) is 1.60. The maximum Gasteiger partial charge on any atom is 0.270 e. The first kappa shape index (κ1) is 14.4. The lowest BCUT2D eigenvalue weighted by Crippen LogP contribution is -2.39. The van der Waals surface area contributed by atoms with E-state index in [0.717, 1.165) is 0 Å². The van der Waals surface area contributed by atoms with Gasteiger partial charge in [-0.15, -0.1) is 0 Å². The van der Waals surface area contributed by atoms with Gasteiger partial charge in [-0.25, -0.2) is 0 Å². The first-order valence-corrected chi connectivity index (χ1v) is 6.08. The number of aromatic nitrogens is 1. The molecule has 0 saturated carbocycles. The molecule has 0 aliphatic rings. The number of nitrogens with zero attached hydrogens (tertiary/aromatic N) is 2. The van der Waals surface area contributed by atoms with Crippen molar-refractivity contribution >= 4 is 29.1 Å². The molecule has 0 bridgehead atoms. The summed E-state index contributed by atoms with van der Waals surface area (Å²) in [5, 5.41) is 9.65. The molecule has 1 aromatic rings. The second-order valence-corrected chi connectivity index (χ2v) is 4.81. The molecule has 0 spiro atoms. The second-order valence-electron chi connectivity index (χ2n) is 4.04. The molecule has 1 rings (SSSR count). The van der Waals surface area contributed by atoms with E-state index in [1.165, 1.54) is 0 Å². The third-order valence-electron chi connectivity index (χ3n) is 2.56. The number of halogens is 2. The summed E-state index contributed by atoms with van der Waals surface area (Å²) in [6, 6.07) is 1.54. The highest BCUT2D eigenvalue weighted by atomic mass is 35.5. The fraction of sp³-hybridized carbons (Fsp3) is 0.545. The maximum atomic E-state index is 12.2. The van der Waals surface area contributed by atoms with Gasteiger partial charge in [0.15, 0.2) is 0 Å². The summed E-state index contributed by atoms with van der Waals surface area (Å²) < 4.78 is 1.54. The molecule has 0 saturated heterocycles. The van der Waals surface area contributed by atoms with Crippen molar-refractivity contribution in [1.82, 2.24) is 9.47 Å². The molecular weight excluding hydrogens is 263 g/mol. The quantitative estimate of drug-likeness (QED) is 0.918. The number of hydrogen-bond donors (Lipinski definition) is 1. The van der Waals surface area contributed by atoms with Crippen LogP contribution in [0, 0.1) is 0 Å².